The fourth-order valence-corrected chi connectivity index (χ4v) is 1.85. The van der Waals surface area contributed by atoms with E-state index in [-0.39, 0.29) is 23.5 Å². The number of halogens is 1. The number of hydrogen-bond acceptors (Lipinski definition) is 2. The minimum absolute atomic E-state index is 0.0565. The number of amides is 2. The molecule has 19 heavy (non-hydrogen) atoms. The van der Waals surface area contributed by atoms with Crippen LogP contribution >= 0.6 is 0 Å². The monoisotopic (exact) mass is 264 g/mol. The largest absolute Gasteiger partial charge is 0.344 e. The Bertz CT molecular complexity index is 469. The van der Waals surface area contributed by atoms with Crippen molar-refractivity contribution in [2.45, 2.75) is 32.2 Å². The number of carbonyl (C=O) groups is 2. The van der Waals surface area contributed by atoms with E-state index in [4.69, 9.17) is 0 Å². The second-order valence-electron chi connectivity index (χ2n) is 4.85. The molecule has 1 atom stereocenters. The summed E-state index contributed by atoms with van der Waals surface area (Å²) >= 11 is 0. The Morgan fingerprint density at radius 3 is 2.42 bits per heavy atom. The highest BCUT2D eigenvalue weighted by molar-refractivity contribution is 5.97. The summed E-state index contributed by atoms with van der Waals surface area (Å²) in [6.45, 7) is 1.63. The summed E-state index contributed by atoms with van der Waals surface area (Å²) in [6, 6.07) is 4.90. The summed E-state index contributed by atoms with van der Waals surface area (Å²) in [7, 11) is 0. The predicted octanol–water partition coefficient (Wildman–Crippen LogP) is 2.07. The Morgan fingerprint density at radius 1 is 1.26 bits per heavy atom. The first-order chi connectivity index (χ1) is 9.06. The summed E-state index contributed by atoms with van der Waals surface area (Å²) in [5, 5.41) is 5.32. The van der Waals surface area contributed by atoms with E-state index in [1.165, 1.54) is 24.3 Å². The number of anilines is 1. The molecular weight excluding hydrogens is 247 g/mol. The fraction of sp³-hybridized carbons (Fsp3) is 0.429. The third-order valence-electron chi connectivity index (χ3n) is 3.34. The van der Waals surface area contributed by atoms with Crippen molar-refractivity contribution in [1.82, 2.24) is 5.32 Å². The van der Waals surface area contributed by atoms with E-state index in [1.807, 2.05) is 0 Å². The molecule has 1 aliphatic carbocycles. The van der Waals surface area contributed by atoms with Crippen LogP contribution in [0.4, 0.5) is 10.1 Å². The van der Waals surface area contributed by atoms with Gasteiger partial charge < -0.3 is 10.6 Å². The topological polar surface area (TPSA) is 58.2 Å². The van der Waals surface area contributed by atoms with E-state index in [2.05, 4.69) is 10.6 Å². The maximum Gasteiger partial charge on any atom is 0.246 e. The highest BCUT2D eigenvalue weighted by Crippen LogP contribution is 2.26. The summed E-state index contributed by atoms with van der Waals surface area (Å²) in [5.41, 5.74) is 0.510. The maximum atomic E-state index is 12.7. The van der Waals surface area contributed by atoms with Gasteiger partial charge in [0.2, 0.25) is 11.8 Å². The van der Waals surface area contributed by atoms with Gasteiger partial charge in [0.25, 0.3) is 0 Å². The van der Waals surface area contributed by atoms with Crippen LogP contribution in [0, 0.1) is 11.7 Å². The van der Waals surface area contributed by atoms with Crippen molar-refractivity contribution in [3.63, 3.8) is 0 Å². The summed E-state index contributed by atoms with van der Waals surface area (Å²) in [6.07, 6.45) is 2.88. The number of carbonyl (C=O) groups excluding carboxylic acids is 2. The van der Waals surface area contributed by atoms with Crippen LogP contribution in [-0.2, 0) is 9.59 Å². The minimum Gasteiger partial charge on any atom is -0.344 e. The van der Waals surface area contributed by atoms with E-state index in [9.17, 15) is 14.0 Å². The lowest BCUT2D eigenvalue weighted by atomic mass is 9.84. The van der Waals surface area contributed by atoms with Crippen LogP contribution in [0.15, 0.2) is 24.3 Å². The second-order valence-corrected chi connectivity index (χ2v) is 4.85. The van der Waals surface area contributed by atoms with Gasteiger partial charge in [-0.1, -0.05) is 6.42 Å². The van der Waals surface area contributed by atoms with Crippen LogP contribution in [-0.4, -0.2) is 17.9 Å². The lowest BCUT2D eigenvalue weighted by Crippen LogP contribution is -2.45. The van der Waals surface area contributed by atoms with Crippen molar-refractivity contribution < 1.29 is 14.0 Å². The van der Waals surface area contributed by atoms with Crippen molar-refractivity contribution in [1.29, 1.82) is 0 Å². The molecule has 0 radical (unpaired) electrons. The van der Waals surface area contributed by atoms with Crippen molar-refractivity contribution in [2.75, 3.05) is 5.32 Å². The molecule has 1 fully saturated rings. The first kappa shape index (κ1) is 13.5. The van der Waals surface area contributed by atoms with Crippen LogP contribution in [0.1, 0.15) is 26.2 Å². The Labute approximate surface area is 111 Å². The normalized spacial score (nSPS) is 16.3. The molecule has 1 saturated carbocycles. The fourth-order valence-electron chi connectivity index (χ4n) is 1.85. The van der Waals surface area contributed by atoms with E-state index in [0.29, 0.717) is 5.69 Å². The second kappa shape index (κ2) is 5.82. The lowest BCUT2D eigenvalue weighted by Gasteiger charge is -2.25. The highest BCUT2D eigenvalue weighted by atomic mass is 19.1. The van der Waals surface area contributed by atoms with E-state index in [1.54, 1.807) is 6.92 Å². The van der Waals surface area contributed by atoms with Crippen molar-refractivity contribution in [3.8, 4) is 0 Å². The van der Waals surface area contributed by atoms with Gasteiger partial charge in [-0.25, -0.2) is 4.39 Å². The molecule has 2 amide bonds. The van der Waals surface area contributed by atoms with E-state index < -0.39 is 6.04 Å². The number of benzene rings is 1. The number of hydrogen-bond donors (Lipinski definition) is 2. The van der Waals surface area contributed by atoms with E-state index in [0.717, 1.165) is 19.3 Å². The Hall–Kier alpha value is -1.91. The average molecular weight is 264 g/mol. The first-order valence-electron chi connectivity index (χ1n) is 6.43. The van der Waals surface area contributed by atoms with Gasteiger partial charge >= 0.3 is 0 Å². The van der Waals surface area contributed by atoms with Crippen molar-refractivity contribution >= 4 is 17.5 Å². The molecule has 0 aromatic heterocycles. The van der Waals surface area contributed by atoms with Gasteiger partial charge in [-0.2, -0.15) is 0 Å². The summed E-state index contributed by atoms with van der Waals surface area (Å²) in [5.74, 6) is -0.669. The van der Waals surface area contributed by atoms with Crippen molar-refractivity contribution in [2.24, 2.45) is 5.92 Å². The summed E-state index contributed by atoms with van der Waals surface area (Å²) in [4.78, 5) is 23.5. The Morgan fingerprint density at radius 2 is 1.89 bits per heavy atom. The Balaban J connectivity index is 1.84. The van der Waals surface area contributed by atoms with Crippen LogP contribution in [0.3, 0.4) is 0 Å². The molecule has 0 spiro atoms. The van der Waals surface area contributed by atoms with Gasteiger partial charge in [0, 0.05) is 11.6 Å². The average Bonchev–Trinajstić information content (AvgIpc) is 2.29. The minimum atomic E-state index is -0.599. The van der Waals surface area contributed by atoms with Crippen LogP contribution in [0.5, 0.6) is 0 Å². The molecule has 4 nitrogen and oxygen atoms in total. The van der Waals surface area contributed by atoms with Gasteiger partial charge in [-0.05, 0) is 44.0 Å². The molecule has 2 rings (SSSR count). The third kappa shape index (κ3) is 3.53. The van der Waals surface area contributed by atoms with Gasteiger partial charge in [0.15, 0.2) is 0 Å². The maximum absolute atomic E-state index is 12.7. The molecule has 2 N–H and O–H groups in total. The van der Waals surface area contributed by atoms with Crippen molar-refractivity contribution in [3.05, 3.63) is 30.1 Å². The zero-order valence-electron chi connectivity index (χ0n) is 10.8. The quantitative estimate of drug-likeness (QED) is 0.874. The SMILES string of the molecule is CC(NC(=O)C1CCC1)C(=O)Nc1ccc(F)cc1. The molecule has 1 aromatic carbocycles. The van der Waals surface area contributed by atoms with Gasteiger partial charge in [0.1, 0.15) is 11.9 Å². The van der Waals surface area contributed by atoms with E-state index >= 15 is 0 Å². The highest BCUT2D eigenvalue weighted by Gasteiger charge is 2.27. The smallest absolute Gasteiger partial charge is 0.246 e. The van der Waals surface area contributed by atoms with Gasteiger partial charge in [-0.3, -0.25) is 9.59 Å². The molecule has 102 valence electrons. The zero-order chi connectivity index (χ0) is 13.8. The molecule has 1 unspecified atom stereocenters. The third-order valence-corrected chi connectivity index (χ3v) is 3.34. The lowest BCUT2D eigenvalue weighted by molar-refractivity contribution is -0.130. The van der Waals surface area contributed by atoms with Crippen LogP contribution in [0.25, 0.3) is 0 Å². The van der Waals surface area contributed by atoms with Gasteiger partial charge in [0.05, 0.1) is 0 Å². The molecule has 1 aromatic rings. The molecule has 5 heteroatoms. The number of rotatable bonds is 4. The molecule has 0 heterocycles. The summed E-state index contributed by atoms with van der Waals surface area (Å²) < 4.78 is 12.7. The zero-order valence-corrected chi connectivity index (χ0v) is 10.8. The predicted molar refractivity (Wildman–Crippen MR) is 70.0 cm³/mol. The Kier molecular flexibility index (Phi) is 4.14. The molecule has 0 bridgehead atoms. The molecular formula is C14H17FN2O2. The first-order valence-corrected chi connectivity index (χ1v) is 6.43. The van der Waals surface area contributed by atoms with Crippen LogP contribution < -0.4 is 10.6 Å². The standard InChI is InChI=1S/C14H17FN2O2/c1-9(16-14(19)10-3-2-4-10)13(18)17-12-7-5-11(15)6-8-12/h5-10H,2-4H2,1H3,(H,16,19)(H,17,18). The number of nitrogens with one attached hydrogen (secondary N) is 2. The van der Waals surface area contributed by atoms with Crippen LogP contribution in [0.2, 0.25) is 0 Å². The molecule has 0 aliphatic heterocycles. The van der Waals surface area contributed by atoms with Gasteiger partial charge in [-0.15, -0.1) is 0 Å². The molecule has 0 saturated heterocycles. The molecule has 1 aliphatic rings.